The maximum absolute atomic E-state index is 11.6. The fourth-order valence-corrected chi connectivity index (χ4v) is 1.51. The van der Waals surface area contributed by atoms with Crippen molar-refractivity contribution >= 4 is 11.7 Å². The Balaban J connectivity index is 2.29. The van der Waals surface area contributed by atoms with E-state index >= 15 is 0 Å². The molecule has 1 amide bonds. The topological polar surface area (TPSA) is 83.8 Å². The van der Waals surface area contributed by atoms with Gasteiger partial charge in [0.05, 0.1) is 0 Å². The van der Waals surface area contributed by atoms with Gasteiger partial charge in [-0.25, -0.2) is 0 Å². The second-order valence-corrected chi connectivity index (χ2v) is 4.51. The summed E-state index contributed by atoms with van der Waals surface area (Å²) in [5, 5.41) is 9.73. The maximum Gasteiger partial charge on any atom is 0.225 e. The fourth-order valence-electron chi connectivity index (χ4n) is 1.51. The molecule has 0 radical (unpaired) electrons. The fraction of sp³-hybridized carbons (Fsp3) is 0.667. The summed E-state index contributed by atoms with van der Waals surface area (Å²) in [6.07, 6.45) is 3.39. The highest BCUT2D eigenvalue weighted by Crippen LogP contribution is 2.15. The Morgan fingerprint density at radius 1 is 1.47 bits per heavy atom. The Kier molecular flexibility index (Phi) is 5.69. The van der Waals surface area contributed by atoms with E-state index in [9.17, 15) is 4.79 Å². The second kappa shape index (κ2) is 7.06. The average Bonchev–Trinajstić information content (AvgIpc) is 2.73. The third-order valence-corrected chi connectivity index (χ3v) is 2.60. The largest absolute Gasteiger partial charge is 0.330 e. The van der Waals surface area contributed by atoms with Crippen molar-refractivity contribution in [2.24, 2.45) is 5.73 Å². The minimum absolute atomic E-state index is 0.0174. The number of carbonyl (C=O) groups is 1. The van der Waals surface area contributed by atoms with Crippen molar-refractivity contribution in [1.82, 2.24) is 10.2 Å². The minimum atomic E-state index is 0.0174. The summed E-state index contributed by atoms with van der Waals surface area (Å²) in [4.78, 5) is 11.6. The molecule has 0 atom stereocenters. The summed E-state index contributed by atoms with van der Waals surface area (Å²) in [7, 11) is 0. The van der Waals surface area contributed by atoms with Crippen LogP contribution in [-0.4, -0.2) is 22.6 Å². The van der Waals surface area contributed by atoms with E-state index in [1.165, 1.54) is 0 Å². The quantitative estimate of drug-likeness (QED) is 0.635. The van der Waals surface area contributed by atoms with Crippen LogP contribution in [0.5, 0.6) is 0 Å². The van der Waals surface area contributed by atoms with E-state index in [-0.39, 0.29) is 5.91 Å². The molecule has 1 aromatic rings. The Labute approximate surface area is 102 Å². The monoisotopic (exact) mass is 238 g/mol. The number of nitrogens with one attached hydrogen (secondary N) is 2. The van der Waals surface area contributed by atoms with E-state index < -0.39 is 0 Å². The molecule has 0 saturated heterocycles. The number of carbonyl (C=O) groups excluding carboxylic acids is 1. The lowest BCUT2D eigenvalue weighted by molar-refractivity contribution is -0.116. The van der Waals surface area contributed by atoms with Gasteiger partial charge in [-0.1, -0.05) is 20.3 Å². The molecule has 0 spiro atoms. The number of amides is 1. The molecule has 0 unspecified atom stereocenters. The first-order valence-electron chi connectivity index (χ1n) is 6.18. The molecule has 5 nitrogen and oxygen atoms in total. The summed E-state index contributed by atoms with van der Waals surface area (Å²) < 4.78 is 0. The molecule has 0 saturated carbocycles. The van der Waals surface area contributed by atoms with Gasteiger partial charge in [-0.05, 0) is 25.3 Å². The Morgan fingerprint density at radius 3 is 2.82 bits per heavy atom. The Hall–Kier alpha value is -1.36. The molecule has 1 aromatic heterocycles. The first kappa shape index (κ1) is 13.7. The maximum atomic E-state index is 11.6. The lowest BCUT2D eigenvalue weighted by atomic mass is 10.1. The number of hydrogen-bond acceptors (Lipinski definition) is 3. The van der Waals surface area contributed by atoms with Gasteiger partial charge in [-0.2, -0.15) is 5.10 Å². The summed E-state index contributed by atoms with van der Waals surface area (Å²) >= 11 is 0. The van der Waals surface area contributed by atoms with Crippen LogP contribution < -0.4 is 11.1 Å². The molecule has 0 bridgehead atoms. The number of nitrogens with two attached hydrogens (primary N) is 1. The minimum Gasteiger partial charge on any atom is -0.330 e. The van der Waals surface area contributed by atoms with Crippen molar-refractivity contribution in [3.05, 3.63) is 11.8 Å². The van der Waals surface area contributed by atoms with Gasteiger partial charge >= 0.3 is 0 Å². The molecule has 0 aliphatic heterocycles. The molecule has 0 aromatic carbocycles. The molecular formula is C12H22N4O. The number of unbranched alkanes of at least 4 members (excludes halogenated alkanes) is 2. The van der Waals surface area contributed by atoms with Crippen LogP contribution in [0, 0.1) is 0 Å². The molecule has 4 N–H and O–H groups in total. The number of nitrogens with zero attached hydrogens (tertiary/aromatic N) is 1. The van der Waals surface area contributed by atoms with Gasteiger partial charge in [-0.15, -0.1) is 0 Å². The van der Waals surface area contributed by atoms with Crippen LogP contribution in [0.4, 0.5) is 5.82 Å². The van der Waals surface area contributed by atoms with Crippen LogP contribution in [0.25, 0.3) is 0 Å². The summed E-state index contributed by atoms with van der Waals surface area (Å²) in [6.45, 7) is 4.84. The SMILES string of the molecule is CC(C)c1cc(NC(=O)CCCCCN)n[nH]1. The second-order valence-electron chi connectivity index (χ2n) is 4.51. The van der Waals surface area contributed by atoms with Crippen LogP contribution >= 0.6 is 0 Å². The van der Waals surface area contributed by atoms with Gasteiger partial charge in [0.1, 0.15) is 0 Å². The molecule has 0 aliphatic rings. The molecule has 0 aliphatic carbocycles. The molecule has 0 fully saturated rings. The molecule has 96 valence electrons. The normalized spacial score (nSPS) is 10.8. The molecular weight excluding hydrogens is 216 g/mol. The zero-order valence-corrected chi connectivity index (χ0v) is 10.6. The van der Waals surface area contributed by atoms with Crippen LogP contribution in [0.15, 0.2) is 6.07 Å². The summed E-state index contributed by atoms with van der Waals surface area (Å²) in [5.41, 5.74) is 6.42. The number of rotatable bonds is 7. The van der Waals surface area contributed by atoms with E-state index in [2.05, 4.69) is 29.4 Å². The Bertz CT molecular complexity index is 346. The highest BCUT2D eigenvalue weighted by atomic mass is 16.1. The predicted molar refractivity (Wildman–Crippen MR) is 68.8 cm³/mol. The molecule has 1 heterocycles. The number of hydrogen-bond donors (Lipinski definition) is 3. The van der Waals surface area contributed by atoms with Crippen molar-refractivity contribution in [3.63, 3.8) is 0 Å². The molecule has 1 rings (SSSR count). The van der Waals surface area contributed by atoms with Crippen LogP contribution in [0.3, 0.4) is 0 Å². The third kappa shape index (κ3) is 4.99. The number of aromatic nitrogens is 2. The summed E-state index contributed by atoms with van der Waals surface area (Å²) in [6, 6.07) is 1.88. The lowest BCUT2D eigenvalue weighted by Gasteiger charge is -2.01. The first-order chi connectivity index (χ1) is 8.13. The highest BCUT2D eigenvalue weighted by molar-refractivity contribution is 5.89. The smallest absolute Gasteiger partial charge is 0.225 e. The van der Waals surface area contributed by atoms with Gasteiger partial charge in [0.25, 0.3) is 0 Å². The van der Waals surface area contributed by atoms with Crippen molar-refractivity contribution in [2.45, 2.75) is 45.4 Å². The van der Waals surface area contributed by atoms with Gasteiger partial charge < -0.3 is 11.1 Å². The van der Waals surface area contributed by atoms with Crippen molar-refractivity contribution < 1.29 is 4.79 Å². The predicted octanol–water partition coefficient (Wildman–Crippen LogP) is 1.99. The van der Waals surface area contributed by atoms with Crippen LogP contribution in [-0.2, 0) is 4.79 Å². The average molecular weight is 238 g/mol. The Morgan fingerprint density at radius 2 is 2.24 bits per heavy atom. The van der Waals surface area contributed by atoms with Gasteiger partial charge in [0.2, 0.25) is 5.91 Å². The van der Waals surface area contributed by atoms with Gasteiger partial charge in [0, 0.05) is 18.2 Å². The van der Waals surface area contributed by atoms with Crippen molar-refractivity contribution in [1.29, 1.82) is 0 Å². The van der Waals surface area contributed by atoms with E-state index in [1.807, 2.05) is 6.07 Å². The van der Waals surface area contributed by atoms with E-state index in [1.54, 1.807) is 0 Å². The molecule has 5 heteroatoms. The van der Waals surface area contributed by atoms with E-state index in [4.69, 9.17) is 5.73 Å². The van der Waals surface area contributed by atoms with Gasteiger partial charge in [0.15, 0.2) is 5.82 Å². The van der Waals surface area contributed by atoms with Crippen molar-refractivity contribution in [3.8, 4) is 0 Å². The summed E-state index contributed by atoms with van der Waals surface area (Å²) in [5.74, 6) is 1.01. The standard InChI is InChI=1S/C12H22N4O/c1-9(2)10-8-11(16-15-10)14-12(17)6-4-3-5-7-13/h8-9H,3-7,13H2,1-2H3,(H2,14,15,16,17). The lowest BCUT2D eigenvalue weighted by Crippen LogP contribution is -2.11. The molecule has 17 heavy (non-hydrogen) atoms. The third-order valence-electron chi connectivity index (χ3n) is 2.60. The first-order valence-corrected chi connectivity index (χ1v) is 6.18. The van der Waals surface area contributed by atoms with E-state index in [0.29, 0.717) is 24.7 Å². The highest BCUT2D eigenvalue weighted by Gasteiger charge is 2.07. The number of aromatic amines is 1. The van der Waals surface area contributed by atoms with E-state index in [0.717, 1.165) is 25.0 Å². The number of anilines is 1. The van der Waals surface area contributed by atoms with Crippen LogP contribution in [0.1, 0.15) is 51.1 Å². The van der Waals surface area contributed by atoms with Crippen molar-refractivity contribution in [2.75, 3.05) is 11.9 Å². The van der Waals surface area contributed by atoms with Gasteiger partial charge in [-0.3, -0.25) is 9.89 Å². The number of H-pyrrole nitrogens is 1. The van der Waals surface area contributed by atoms with Crippen LogP contribution in [0.2, 0.25) is 0 Å². The zero-order chi connectivity index (χ0) is 12.7. The zero-order valence-electron chi connectivity index (χ0n) is 10.6.